The zero-order chi connectivity index (χ0) is 31.0. The minimum atomic E-state index is -0.742. The summed E-state index contributed by atoms with van der Waals surface area (Å²) in [5.74, 6) is 2.20. The summed E-state index contributed by atoms with van der Waals surface area (Å²) < 4.78 is 19.6. The molecule has 2 aromatic rings. The van der Waals surface area contributed by atoms with Gasteiger partial charge >= 0.3 is 5.97 Å². The SMILES string of the molecule is COc1ccc2c3c1OC1C(N(CC(C)C)C(=O)Cc4ccc(Cl)c(Cl)c4)CC[C@@]4(OC(C)=O)[C@@H](C2)N(CC2CC2)CC[C@]314. The molecule has 0 N–H and O–H groups in total. The van der Waals surface area contributed by atoms with Crippen LogP contribution in [-0.2, 0) is 32.6 Å². The largest absolute Gasteiger partial charge is 0.493 e. The van der Waals surface area contributed by atoms with Gasteiger partial charge in [-0.1, -0.05) is 49.2 Å². The number of methoxy groups -OCH3 is 1. The fraction of sp³-hybridized carbons (Fsp3) is 0.600. The molecule has 2 unspecified atom stereocenters. The molecule has 5 aliphatic rings. The Kier molecular flexibility index (Phi) is 7.61. The molecule has 7 nitrogen and oxygen atoms in total. The lowest BCUT2D eigenvalue weighted by Gasteiger charge is -2.65. The number of carbonyl (C=O) groups is 2. The number of amides is 1. The number of ether oxygens (including phenoxy) is 3. The molecule has 2 bridgehead atoms. The van der Waals surface area contributed by atoms with Crippen LogP contribution in [0.25, 0.3) is 0 Å². The highest BCUT2D eigenvalue weighted by atomic mass is 35.5. The van der Waals surface area contributed by atoms with Crippen LogP contribution >= 0.6 is 23.2 Å². The van der Waals surface area contributed by atoms with Gasteiger partial charge in [0.15, 0.2) is 11.5 Å². The van der Waals surface area contributed by atoms with Crippen LogP contribution in [0.1, 0.15) is 69.6 Å². The highest BCUT2D eigenvalue weighted by Crippen LogP contribution is 2.67. The predicted molar refractivity (Wildman–Crippen MR) is 170 cm³/mol. The third kappa shape index (κ3) is 4.63. The van der Waals surface area contributed by atoms with Gasteiger partial charge < -0.3 is 19.1 Å². The molecule has 1 spiro atoms. The molecule has 44 heavy (non-hydrogen) atoms. The first-order valence-electron chi connectivity index (χ1n) is 16.1. The summed E-state index contributed by atoms with van der Waals surface area (Å²) in [6, 6.07) is 9.44. The van der Waals surface area contributed by atoms with E-state index in [-0.39, 0.29) is 42.4 Å². The van der Waals surface area contributed by atoms with Gasteiger partial charge in [-0.15, -0.1) is 0 Å². The minimum Gasteiger partial charge on any atom is -0.493 e. The van der Waals surface area contributed by atoms with Crippen LogP contribution < -0.4 is 9.47 Å². The average Bonchev–Trinajstić information content (AvgIpc) is 3.72. The number of piperidine rings is 1. The zero-order valence-corrected chi connectivity index (χ0v) is 27.5. The van der Waals surface area contributed by atoms with E-state index in [0.717, 1.165) is 48.7 Å². The van der Waals surface area contributed by atoms with Crippen molar-refractivity contribution in [1.29, 1.82) is 0 Å². The van der Waals surface area contributed by atoms with Crippen LogP contribution in [0.5, 0.6) is 11.5 Å². The topological polar surface area (TPSA) is 68.3 Å². The van der Waals surface area contributed by atoms with Gasteiger partial charge in [0.05, 0.1) is 41.1 Å². The standard InChI is InChI=1S/C35H42Cl2N2O5/c1-20(2)18-39(30(41)16-23-7-9-25(36)26(37)15-23)27-11-12-35(44-21(3)40)29-17-24-8-10-28(42-4)32-31(24)34(35,33(27)43-32)13-14-38(29)19-22-5-6-22/h7-10,15,20,22,27,29,33H,5-6,11-14,16-19H2,1-4H3/t27?,29-,33?,34+,35-/m1/s1. The maximum atomic E-state index is 14.3. The van der Waals surface area contributed by atoms with Crippen molar-refractivity contribution in [3.05, 3.63) is 57.1 Å². The molecule has 236 valence electrons. The van der Waals surface area contributed by atoms with Crippen molar-refractivity contribution in [2.45, 2.75) is 94.9 Å². The van der Waals surface area contributed by atoms with Crippen molar-refractivity contribution in [2.24, 2.45) is 11.8 Å². The molecular formula is C35H42Cl2N2O5. The second-order valence-electron chi connectivity index (χ2n) is 14.0. The van der Waals surface area contributed by atoms with E-state index in [0.29, 0.717) is 35.2 Å². The summed E-state index contributed by atoms with van der Waals surface area (Å²) in [5, 5.41) is 0.910. The fourth-order valence-corrected chi connectivity index (χ4v) is 9.42. The van der Waals surface area contributed by atoms with Gasteiger partial charge in [-0.05, 0) is 86.2 Å². The van der Waals surface area contributed by atoms with Gasteiger partial charge in [-0.25, -0.2) is 0 Å². The molecular weight excluding hydrogens is 599 g/mol. The maximum Gasteiger partial charge on any atom is 0.303 e. The summed E-state index contributed by atoms with van der Waals surface area (Å²) in [4.78, 5) is 31.9. The zero-order valence-electron chi connectivity index (χ0n) is 26.0. The quantitative estimate of drug-likeness (QED) is 0.303. The normalized spacial score (nSPS) is 30.0. The Morgan fingerprint density at radius 3 is 2.59 bits per heavy atom. The fourth-order valence-electron chi connectivity index (χ4n) is 9.10. The Morgan fingerprint density at radius 2 is 1.91 bits per heavy atom. The van der Waals surface area contributed by atoms with E-state index in [1.54, 1.807) is 19.2 Å². The number of rotatable bonds is 9. The minimum absolute atomic E-state index is 0.0312. The van der Waals surface area contributed by atoms with Crippen molar-refractivity contribution in [1.82, 2.24) is 9.80 Å². The second kappa shape index (κ2) is 11.1. The number of esters is 1. The summed E-state index contributed by atoms with van der Waals surface area (Å²) in [6.07, 6.45) is 5.34. The van der Waals surface area contributed by atoms with Crippen molar-refractivity contribution >= 4 is 35.1 Å². The lowest BCUT2D eigenvalue weighted by atomic mass is 9.48. The van der Waals surface area contributed by atoms with E-state index in [4.69, 9.17) is 37.4 Å². The van der Waals surface area contributed by atoms with E-state index in [9.17, 15) is 9.59 Å². The molecule has 9 heteroatoms. The van der Waals surface area contributed by atoms with Crippen LogP contribution in [0.15, 0.2) is 30.3 Å². The van der Waals surface area contributed by atoms with E-state index >= 15 is 0 Å². The molecule has 5 atom stereocenters. The lowest BCUT2D eigenvalue weighted by molar-refractivity contribution is -0.224. The molecule has 3 aliphatic carbocycles. The first kappa shape index (κ1) is 30.2. The highest BCUT2D eigenvalue weighted by Gasteiger charge is 2.76. The first-order chi connectivity index (χ1) is 21.1. The maximum absolute atomic E-state index is 14.3. The molecule has 0 aromatic heterocycles. The van der Waals surface area contributed by atoms with E-state index < -0.39 is 11.0 Å². The van der Waals surface area contributed by atoms with Crippen molar-refractivity contribution in [3.63, 3.8) is 0 Å². The third-order valence-electron chi connectivity index (χ3n) is 10.8. The average molecular weight is 642 g/mol. The summed E-state index contributed by atoms with van der Waals surface area (Å²) in [5.41, 5.74) is 1.88. The van der Waals surface area contributed by atoms with Gasteiger partial charge in [0, 0.05) is 25.6 Å². The number of hydrogen-bond acceptors (Lipinski definition) is 6. The van der Waals surface area contributed by atoms with Crippen LogP contribution in [-0.4, -0.2) is 72.2 Å². The van der Waals surface area contributed by atoms with Gasteiger partial charge in [0.25, 0.3) is 0 Å². The van der Waals surface area contributed by atoms with Crippen LogP contribution in [0.4, 0.5) is 0 Å². The molecule has 0 radical (unpaired) electrons. The Bertz CT molecular complexity index is 1490. The number of likely N-dealkylation sites (tertiary alicyclic amines) is 1. The monoisotopic (exact) mass is 640 g/mol. The number of benzene rings is 2. The van der Waals surface area contributed by atoms with E-state index in [1.165, 1.54) is 25.3 Å². The number of nitrogens with zero attached hydrogens (tertiary/aromatic N) is 2. The van der Waals surface area contributed by atoms with Crippen molar-refractivity contribution in [3.8, 4) is 11.5 Å². The van der Waals surface area contributed by atoms with Crippen LogP contribution in [0.3, 0.4) is 0 Å². The van der Waals surface area contributed by atoms with Gasteiger partial charge in [-0.2, -0.15) is 0 Å². The first-order valence-corrected chi connectivity index (χ1v) is 16.9. The molecule has 2 aromatic carbocycles. The highest BCUT2D eigenvalue weighted by molar-refractivity contribution is 6.42. The molecule has 1 saturated heterocycles. The number of carbonyl (C=O) groups excluding carboxylic acids is 2. The Balaban J connectivity index is 1.34. The molecule has 2 heterocycles. The lowest BCUT2D eigenvalue weighted by Crippen LogP contribution is -2.79. The molecule has 2 saturated carbocycles. The predicted octanol–water partition coefficient (Wildman–Crippen LogP) is 6.23. The summed E-state index contributed by atoms with van der Waals surface area (Å²) >= 11 is 12.5. The van der Waals surface area contributed by atoms with Gasteiger partial charge in [0.2, 0.25) is 5.91 Å². The number of hydrogen-bond donors (Lipinski definition) is 0. The molecule has 1 amide bonds. The molecule has 7 rings (SSSR count). The van der Waals surface area contributed by atoms with Crippen LogP contribution in [0, 0.1) is 11.8 Å². The Labute approximate surface area is 270 Å². The second-order valence-corrected chi connectivity index (χ2v) is 14.8. The van der Waals surface area contributed by atoms with Crippen molar-refractivity contribution in [2.75, 3.05) is 26.7 Å². The number of halogens is 2. The van der Waals surface area contributed by atoms with Gasteiger partial charge in [0.1, 0.15) is 11.7 Å². The van der Waals surface area contributed by atoms with Crippen molar-refractivity contribution < 1.29 is 23.8 Å². The summed E-state index contributed by atoms with van der Waals surface area (Å²) in [6.45, 7) is 8.37. The van der Waals surface area contributed by atoms with E-state index in [1.807, 2.05) is 17.0 Å². The Hall–Kier alpha value is -2.48. The van der Waals surface area contributed by atoms with Crippen LogP contribution in [0.2, 0.25) is 10.0 Å². The Morgan fingerprint density at radius 1 is 1.11 bits per heavy atom. The third-order valence-corrected chi connectivity index (χ3v) is 11.6. The smallest absolute Gasteiger partial charge is 0.303 e. The molecule has 2 aliphatic heterocycles. The summed E-state index contributed by atoms with van der Waals surface area (Å²) in [7, 11) is 1.67. The van der Waals surface area contributed by atoms with E-state index in [2.05, 4.69) is 24.8 Å². The van der Waals surface area contributed by atoms with Gasteiger partial charge in [-0.3, -0.25) is 14.5 Å². The molecule has 3 fully saturated rings.